The Hall–Kier alpha value is -3.82. The molecule has 10 nitrogen and oxygen atoms in total. The lowest BCUT2D eigenvalue weighted by atomic mass is 10.2. The van der Waals surface area contributed by atoms with Gasteiger partial charge in [0.1, 0.15) is 11.4 Å². The molecule has 0 fully saturated rings. The summed E-state index contributed by atoms with van der Waals surface area (Å²) in [5.74, 6) is -0.712. The zero-order valence-corrected chi connectivity index (χ0v) is 15.4. The first-order valence-corrected chi connectivity index (χ1v) is 8.05. The number of non-ortho nitro benzene ring substituents is 1. The highest BCUT2D eigenvalue weighted by Gasteiger charge is 2.24. The molecule has 10 heteroatoms. The average Bonchev–Trinajstić information content (AvgIpc) is 2.68. The van der Waals surface area contributed by atoms with Gasteiger partial charge >= 0.3 is 0 Å². The van der Waals surface area contributed by atoms with Gasteiger partial charge in [-0.3, -0.25) is 19.7 Å². The lowest BCUT2D eigenvalue weighted by Crippen LogP contribution is -2.31. The number of ether oxygens (including phenoxy) is 2. The molecule has 2 rings (SSSR count). The van der Waals surface area contributed by atoms with Crippen molar-refractivity contribution >= 4 is 28.8 Å². The van der Waals surface area contributed by atoms with Gasteiger partial charge in [-0.2, -0.15) is 10.2 Å². The van der Waals surface area contributed by atoms with Crippen molar-refractivity contribution in [3.8, 4) is 11.5 Å². The fourth-order valence-corrected chi connectivity index (χ4v) is 2.25. The molecule has 0 aromatic heterocycles. The first kappa shape index (κ1) is 20.5. The summed E-state index contributed by atoms with van der Waals surface area (Å²) in [7, 11) is 2.77. The Labute approximate surface area is 160 Å². The normalized spacial score (nSPS) is 11.7. The van der Waals surface area contributed by atoms with E-state index in [0.29, 0.717) is 11.4 Å². The number of Topliss-reactive ketones (excluding diaryl/α,β-unsaturated/α-hetero) is 1. The Kier molecular flexibility index (Phi) is 6.74. The molecule has 0 heterocycles. The molecule has 1 unspecified atom stereocenters. The van der Waals surface area contributed by atoms with Crippen LogP contribution in [0, 0.1) is 10.1 Å². The highest BCUT2D eigenvalue weighted by atomic mass is 16.6. The fourth-order valence-electron chi connectivity index (χ4n) is 2.25. The van der Waals surface area contributed by atoms with Gasteiger partial charge in [-0.1, -0.05) is 12.1 Å². The van der Waals surface area contributed by atoms with Crippen LogP contribution >= 0.6 is 0 Å². The van der Waals surface area contributed by atoms with Crippen LogP contribution in [-0.2, 0) is 9.59 Å². The second kappa shape index (κ2) is 9.21. The van der Waals surface area contributed by atoms with Crippen molar-refractivity contribution in [3.05, 3.63) is 52.6 Å². The van der Waals surface area contributed by atoms with E-state index in [0.717, 1.165) is 0 Å². The molecule has 2 aromatic rings. The minimum Gasteiger partial charge on any atom is -0.495 e. The van der Waals surface area contributed by atoms with Crippen molar-refractivity contribution in [1.29, 1.82) is 0 Å². The summed E-state index contributed by atoms with van der Waals surface area (Å²) in [5, 5.41) is 21.1. The SMILES string of the molecule is COc1cc([N+](=O)[O-])ccc1/N=N/C(C(C)=O)C(=O)Nc1ccccc1OC. The Morgan fingerprint density at radius 2 is 1.79 bits per heavy atom. The molecule has 0 aliphatic rings. The molecule has 1 atom stereocenters. The number of ketones is 1. The van der Waals surface area contributed by atoms with Gasteiger partial charge in [-0.05, 0) is 25.1 Å². The number of nitrogens with one attached hydrogen (secondary N) is 1. The molecule has 0 bridgehead atoms. The first-order chi connectivity index (χ1) is 13.4. The minimum absolute atomic E-state index is 0.0883. The van der Waals surface area contributed by atoms with Gasteiger partial charge in [0.15, 0.2) is 11.5 Å². The minimum atomic E-state index is -1.41. The highest BCUT2D eigenvalue weighted by Crippen LogP contribution is 2.32. The predicted molar refractivity (Wildman–Crippen MR) is 100 cm³/mol. The quantitative estimate of drug-likeness (QED) is 0.320. The molecule has 1 amide bonds. The lowest BCUT2D eigenvalue weighted by Gasteiger charge is -2.12. The third-order valence-electron chi connectivity index (χ3n) is 3.65. The van der Waals surface area contributed by atoms with Gasteiger partial charge in [0.05, 0.1) is 30.9 Å². The second-order valence-corrected chi connectivity index (χ2v) is 5.53. The molecule has 0 aliphatic carbocycles. The number of nitro benzene ring substituents is 1. The summed E-state index contributed by atoms with van der Waals surface area (Å²) < 4.78 is 10.2. The maximum absolute atomic E-state index is 12.5. The molecule has 1 N–H and O–H groups in total. The number of anilines is 1. The molecule has 0 aliphatic heterocycles. The Morgan fingerprint density at radius 3 is 2.39 bits per heavy atom. The van der Waals surface area contributed by atoms with Crippen LogP contribution in [0.25, 0.3) is 0 Å². The Morgan fingerprint density at radius 1 is 1.11 bits per heavy atom. The predicted octanol–water partition coefficient (Wildman–Crippen LogP) is 3.29. The number of methoxy groups -OCH3 is 2. The smallest absolute Gasteiger partial charge is 0.273 e. The third-order valence-corrected chi connectivity index (χ3v) is 3.65. The molecular weight excluding hydrogens is 368 g/mol. The summed E-state index contributed by atoms with van der Waals surface area (Å²) in [5.41, 5.74) is 0.335. The van der Waals surface area contributed by atoms with Crippen LogP contribution in [-0.4, -0.2) is 36.9 Å². The van der Waals surface area contributed by atoms with Gasteiger partial charge < -0.3 is 14.8 Å². The summed E-state index contributed by atoms with van der Waals surface area (Å²) >= 11 is 0. The van der Waals surface area contributed by atoms with Crippen LogP contribution in [0.1, 0.15) is 6.92 Å². The Bertz CT molecular complexity index is 928. The van der Waals surface area contributed by atoms with E-state index in [4.69, 9.17) is 9.47 Å². The number of hydrogen-bond donors (Lipinski definition) is 1. The van der Waals surface area contributed by atoms with E-state index < -0.39 is 22.7 Å². The van der Waals surface area contributed by atoms with E-state index in [1.54, 1.807) is 24.3 Å². The number of rotatable bonds is 8. The number of hydrogen-bond acceptors (Lipinski definition) is 8. The number of nitro groups is 1. The number of para-hydroxylation sites is 2. The van der Waals surface area contributed by atoms with Crippen LogP contribution in [0.2, 0.25) is 0 Å². The number of azo groups is 1. The van der Waals surface area contributed by atoms with Gasteiger partial charge in [-0.15, -0.1) is 0 Å². The van der Waals surface area contributed by atoms with E-state index >= 15 is 0 Å². The highest BCUT2D eigenvalue weighted by molar-refractivity contribution is 6.10. The second-order valence-electron chi connectivity index (χ2n) is 5.53. The van der Waals surface area contributed by atoms with Gasteiger partial charge in [0.2, 0.25) is 6.04 Å². The van der Waals surface area contributed by atoms with E-state index in [-0.39, 0.29) is 17.1 Å². The maximum atomic E-state index is 12.5. The van der Waals surface area contributed by atoms with Gasteiger partial charge in [0, 0.05) is 6.07 Å². The number of carbonyl (C=O) groups is 2. The molecule has 0 radical (unpaired) electrons. The summed E-state index contributed by atoms with van der Waals surface area (Å²) in [4.78, 5) is 34.6. The zero-order chi connectivity index (χ0) is 20.7. The number of benzene rings is 2. The summed E-state index contributed by atoms with van der Waals surface area (Å²) in [6.07, 6.45) is 0. The van der Waals surface area contributed by atoms with E-state index in [9.17, 15) is 19.7 Å². The standard InChI is InChI=1S/C18H18N4O6/c1-11(23)17(18(24)19-13-6-4-5-7-15(13)27-2)21-20-14-9-8-12(22(25)26)10-16(14)28-3/h4-10,17H,1-3H3,(H,19,24)/b21-20+. The van der Waals surface area contributed by atoms with E-state index in [2.05, 4.69) is 15.5 Å². The largest absolute Gasteiger partial charge is 0.495 e. The van der Waals surface area contributed by atoms with Gasteiger partial charge in [-0.25, -0.2) is 0 Å². The lowest BCUT2D eigenvalue weighted by molar-refractivity contribution is -0.384. The van der Waals surface area contributed by atoms with Crippen molar-refractivity contribution in [1.82, 2.24) is 0 Å². The van der Waals surface area contributed by atoms with Crippen LogP contribution in [0.4, 0.5) is 17.1 Å². The average molecular weight is 386 g/mol. The van der Waals surface area contributed by atoms with Crippen molar-refractivity contribution in [2.24, 2.45) is 10.2 Å². The molecule has 2 aromatic carbocycles. The van der Waals surface area contributed by atoms with E-state index in [1.165, 1.54) is 39.3 Å². The van der Waals surface area contributed by atoms with Crippen LogP contribution in [0.15, 0.2) is 52.7 Å². The summed E-state index contributed by atoms with van der Waals surface area (Å²) in [6.45, 7) is 1.21. The summed E-state index contributed by atoms with van der Waals surface area (Å²) in [6, 6.07) is 8.99. The molecular formula is C18H18N4O6. The number of amides is 1. The van der Waals surface area contributed by atoms with Crippen molar-refractivity contribution in [3.63, 3.8) is 0 Å². The molecule has 0 saturated heterocycles. The fraction of sp³-hybridized carbons (Fsp3) is 0.222. The maximum Gasteiger partial charge on any atom is 0.273 e. The topological polar surface area (TPSA) is 132 Å². The van der Waals surface area contributed by atoms with E-state index in [1.807, 2.05) is 0 Å². The molecule has 146 valence electrons. The first-order valence-electron chi connectivity index (χ1n) is 8.05. The molecule has 0 saturated carbocycles. The van der Waals surface area contributed by atoms with Crippen molar-refractivity contribution in [2.45, 2.75) is 13.0 Å². The number of carbonyl (C=O) groups excluding carboxylic acids is 2. The van der Waals surface area contributed by atoms with Crippen molar-refractivity contribution in [2.75, 3.05) is 19.5 Å². The molecule has 28 heavy (non-hydrogen) atoms. The molecule has 0 spiro atoms. The monoisotopic (exact) mass is 386 g/mol. The third kappa shape index (κ3) is 4.87. The Balaban J connectivity index is 2.26. The van der Waals surface area contributed by atoms with Crippen molar-refractivity contribution < 1.29 is 24.0 Å². The van der Waals surface area contributed by atoms with Crippen LogP contribution in [0.5, 0.6) is 11.5 Å². The zero-order valence-electron chi connectivity index (χ0n) is 15.4. The number of nitrogens with zero attached hydrogens (tertiary/aromatic N) is 3. The van der Waals surface area contributed by atoms with Gasteiger partial charge in [0.25, 0.3) is 11.6 Å². The van der Waals surface area contributed by atoms with Crippen LogP contribution in [0.3, 0.4) is 0 Å². The van der Waals surface area contributed by atoms with Crippen LogP contribution < -0.4 is 14.8 Å².